The Bertz CT molecular complexity index is 387. The van der Waals surface area contributed by atoms with Gasteiger partial charge in [-0.05, 0) is 38.0 Å². The number of nitrogens with zero attached hydrogens (tertiary/aromatic N) is 1. The molecular formula is C16H25NO3. The van der Waals surface area contributed by atoms with Gasteiger partial charge in [0.25, 0.3) is 0 Å². The lowest BCUT2D eigenvalue weighted by Crippen LogP contribution is -2.38. The van der Waals surface area contributed by atoms with E-state index in [9.17, 15) is 14.7 Å². The summed E-state index contributed by atoms with van der Waals surface area (Å²) in [6.45, 7) is 0. The first-order valence-corrected chi connectivity index (χ1v) is 8.21. The molecule has 4 heteroatoms. The molecule has 3 unspecified atom stereocenters. The fourth-order valence-electron chi connectivity index (χ4n) is 4.56. The van der Waals surface area contributed by atoms with Crippen LogP contribution in [0, 0.1) is 11.8 Å². The molecule has 0 aromatic rings. The van der Waals surface area contributed by atoms with Crippen molar-refractivity contribution in [3.05, 3.63) is 0 Å². The predicted molar refractivity (Wildman–Crippen MR) is 75.2 cm³/mol. The lowest BCUT2D eigenvalue weighted by Gasteiger charge is -2.25. The van der Waals surface area contributed by atoms with Crippen LogP contribution < -0.4 is 0 Å². The maximum atomic E-state index is 12.6. The van der Waals surface area contributed by atoms with E-state index in [4.69, 9.17) is 0 Å². The summed E-state index contributed by atoms with van der Waals surface area (Å²) in [6, 6.07) is 0.190. The van der Waals surface area contributed by atoms with E-state index in [0.717, 1.165) is 12.8 Å². The van der Waals surface area contributed by atoms with Crippen LogP contribution in [0.1, 0.15) is 64.2 Å². The first-order chi connectivity index (χ1) is 9.66. The number of aliphatic carboxylic acids is 1. The minimum Gasteiger partial charge on any atom is -0.481 e. The quantitative estimate of drug-likeness (QED) is 0.808. The summed E-state index contributed by atoms with van der Waals surface area (Å²) < 4.78 is 0. The summed E-state index contributed by atoms with van der Waals surface area (Å²) in [4.78, 5) is 25.8. The van der Waals surface area contributed by atoms with Gasteiger partial charge in [-0.2, -0.15) is 0 Å². The van der Waals surface area contributed by atoms with Gasteiger partial charge in [0.1, 0.15) is 0 Å². The van der Waals surface area contributed by atoms with Gasteiger partial charge in [0.05, 0.1) is 5.92 Å². The van der Waals surface area contributed by atoms with Gasteiger partial charge in [0.15, 0.2) is 0 Å². The van der Waals surface area contributed by atoms with Crippen LogP contribution in [0.3, 0.4) is 0 Å². The zero-order valence-corrected chi connectivity index (χ0v) is 12.1. The minimum atomic E-state index is -0.718. The molecule has 3 fully saturated rings. The number of carbonyl (C=O) groups is 2. The van der Waals surface area contributed by atoms with Gasteiger partial charge in [0, 0.05) is 18.5 Å². The van der Waals surface area contributed by atoms with E-state index in [-0.39, 0.29) is 23.9 Å². The summed E-state index contributed by atoms with van der Waals surface area (Å²) in [7, 11) is 0. The van der Waals surface area contributed by atoms with E-state index >= 15 is 0 Å². The third-order valence-electron chi connectivity index (χ3n) is 5.58. The Morgan fingerprint density at radius 2 is 1.70 bits per heavy atom. The number of hydrogen-bond acceptors (Lipinski definition) is 2. The molecule has 3 aliphatic rings. The van der Waals surface area contributed by atoms with Crippen LogP contribution in [0.2, 0.25) is 0 Å². The largest absolute Gasteiger partial charge is 0.481 e. The maximum Gasteiger partial charge on any atom is 0.308 e. The Morgan fingerprint density at radius 3 is 2.30 bits per heavy atom. The van der Waals surface area contributed by atoms with Crippen molar-refractivity contribution in [2.45, 2.75) is 76.3 Å². The molecule has 0 aromatic heterocycles. The summed E-state index contributed by atoms with van der Waals surface area (Å²) in [5.74, 6) is -0.266. The van der Waals surface area contributed by atoms with Gasteiger partial charge in [-0.25, -0.2) is 0 Å². The third-order valence-corrected chi connectivity index (χ3v) is 5.58. The molecule has 112 valence electrons. The van der Waals surface area contributed by atoms with Crippen LogP contribution >= 0.6 is 0 Å². The minimum absolute atomic E-state index is 0.0178. The van der Waals surface area contributed by atoms with E-state index in [2.05, 4.69) is 0 Å². The second-order valence-corrected chi connectivity index (χ2v) is 6.84. The number of carboxylic acid groups (broad SMARTS) is 1. The van der Waals surface area contributed by atoms with Crippen molar-refractivity contribution in [2.75, 3.05) is 0 Å². The Hall–Kier alpha value is -1.06. The molecule has 1 saturated carbocycles. The van der Waals surface area contributed by atoms with E-state index in [1.165, 1.54) is 38.5 Å². The van der Waals surface area contributed by atoms with E-state index in [1.54, 1.807) is 0 Å². The molecule has 1 aliphatic carbocycles. The summed E-state index contributed by atoms with van der Waals surface area (Å²) in [6.07, 6.45) is 10.7. The lowest BCUT2D eigenvalue weighted by molar-refractivity contribution is -0.143. The first-order valence-electron chi connectivity index (χ1n) is 8.21. The zero-order chi connectivity index (χ0) is 14.1. The second-order valence-electron chi connectivity index (χ2n) is 6.84. The molecule has 4 nitrogen and oxygen atoms in total. The van der Waals surface area contributed by atoms with Crippen molar-refractivity contribution in [3.63, 3.8) is 0 Å². The Morgan fingerprint density at radius 1 is 1.00 bits per heavy atom. The average molecular weight is 279 g/mol. The predicted octanol–water partition coefficient (Wildman–Crippen LogP) is 2.81. The van der Waals surface area contributed by atoms with Crippen molar-refractivity contribution < 1.29 is 14.7 Å². The number of fused-ring (bicyclic) bond motifs is 2. The van der Waals surface area contributed by atoms with Crippen LogP contribution in [0.25, 0.3) is 0 Å². The van der Waals surface area contributed by atoms with E-state index in [1.807, 2.05) is 4.90 Å². The van der Waals surface area contributed by atoms with Crippen LogP contribution in [0.15, 0.2) is 0 Å². The fourth-order valence-corrected chi connectivity index (χ4v) is 4.56. The highest BCUT2D eigenvalue weighted by molar-refractivity contribution is 5.80. The number of carbonyl (C=O) groups excluding carboxylic acids is 1. The summed E-state index contributed by atoms with van der Waals surface area (Å²) >= 11 is 0. The first kappa shape index (κ1) is 13.9. The highest BCUT2D eigenvalue weighted by Crippen LogP contribution is 2.42. The number of amides is 1. The number of hydrogen-bond donors (Lipinski definition) is 1. The highest BCUT2D eigenvalue weighted by atomic mass is 16.4. The summed E-state index contributed by atoms with van der Waals surface area (Å²) in [5.41, 5.74) is 0. The van der Waals surface area contributed by atoms with Crippen molar-refractivity contribution in [1.82, 2.24) is 4.90 Å². The Balaban J connectivity index is 1.61. The normalized spacial score (nSPS) is 34.2. The van der Waals surface area contributed by atoms with Crippen LogP contribution in [0.4, 0.5) is 0 Å². The smallest absolute Gasteiger partial charge is 0.308 e. The maximum absolute atomic E-state index is 12.6. The number of rotatable bonds is 3. The Kier molecular flexibility index (Phi) is 3.99. The SMILES string of the molecule is O=C(O)C1CC2CCC1N2C(=O)CC1CCCCCC1. The number of carboxylic acids is 1. The molecule has 2 bridgehead atoms. The summed E-state index contributed by atoms with van der Waals surface area (Å²) in [5, 5.41) is 9.26. The Labute approximate surface area is 120 Å². The second kappa shape index (κ2) is 5.74. The molecule has 2 heterocycles. The van der Waals surface area contributed by atoms with Gasteiger partial charge >= 0.3 is 5.97 Å². The molecular weight excluding hydrogens is 254 g/mol. The standard InChI is InChI=1S/C16H25NO3/c18-15(9-11-5-3-1-2-4-6-11)17-12-7-8-14(17)13(10-12)16(19)20/h11-14H,1-10H2,(H,19,20). The van der Waals surface area contributed by atoms with Gasteiger partial charge in [-0.15, -0.1) is 0 Å². The van der Waals surface area contributed by atoms with E-state index in [0.29, 0.717) is 18.8 Å². The van der Waals surface area contributed by atoms with Crippen molar-refractivity contribution in [1.29, 1.82) is 0 Å². The molecule has 1 amide bonds. The molecule has 0 aromatic carbocycles. The molecule has 2 saturated heterocycles. The van der Waals surface area contributed by atoms with Gasteiger partial charge in [-0.3, -0.25) is 9.59 Å². The third kappa shape index (κ3) is 2.57. The molecule has 3 rings (SSSR count). The molecule has 1 N–H and O–H groups in total. The molecule has 0 spiro atoms. The van der Waals surface area contributed by atoms with Crippen molar-refractivity contribution in [3.8, 4) is 0 Å². The van der Waals surface area contributed by atoms with Gasteiger partial charge in [-0.1, -0.05) is 25.7 Å². The average Bonchev–Trinajstić information content (AvgIpc) is 2.89. The zero-order valence-electron chi connectivity index (χ0n) is 12.1. The van der Waals surface area contributed by atoms with Crippen molar-refractivity contribution >= 4 is 11.9 Å². The van der Waals surface area contributed by atoms with Crippen LogP contribution in [0.5, 0.6) is 0 Å². The molecule has 3 atom stereocenters. The van der Waals surface area contributed by atoms with Gasteiger partial charge in [0.2, 0.25) is 5.91 Å². The van der Waals surface area contributed by atoms with E-state index < -0.39 is 5.97 Å². The van der Waals surface area contributed by atoms with Crippen molar-refractivity contribution in [2.24, 2.45) is 11.8 Å². The molecule has 2 aliphatic heterocycles. The fraction of sp³-hybridized carbons (Fsp3) is 0.875. The van der Waals surface area contributed by atoms with Gasteiger partial charge < -0.3 is 10.0 Å². The van der Waals surface area contributed by atoms with Crippen LogP contribution in [-0.2, 0) is 9.59 Å². The molecule has 0 radical (unpaired) electrons. The monoisotopic (exact) mass is 279 g/mol. The lowest BCUT2D eigenvalue weighted by atomic mass is 9.89. The topological polar surface area (TPSA) is 57.6 Å². The highest BCUT2D eigenvalue weighted by Gasteiger charge is 2.51. The molecule has 20 heavy (non-hydrogen) atoms. The van der Waals surface area contributed by atoms with Crippen LogP contribution in [-0.4, -0.2) is 34.0 Å².